The Morgan fingerprint density at radius 2 is 2.44 bits per heavy atom. The average Bonchev–Trinajstić information content (AvgIpc) is 2.86. The van der Waals surface area contributed by atoms with Gasteiger partial charge in [0, 0.05) is 18.8 Å². The number of hydrogen-bond acceptors (Lipinski definition) is 4. The first-order valence-electron chi connectivity index (χ1n) is 5.89. The molecule has 90 valence electrons. The van der Waals surface area contributed by atoms with Gasteiger partial charge in [-0.1, -0.05) is 6.92 Å². The van der Waals surface area contributed by atoms with Gasteiger partial charge in [0.25, 0.3) is 0 Å². The summed E-state index contributed by atoms with van der Waals surface area (Å²) in [5, 5.41) is 8.56. The van der Waals surface area contributed by atoms with Crippen molar-refractivity contribution in [3.8, 4) is 0 Å². The standard InChI is InChI=1S/C11H20N4S/c1-3-9-10(12)11(15(2)14-9)13-7-8-5-4-6-16-8/h8,13H,3-7,12H2,1-2H3. The van der Waals surface area contributed by atoms with E-state index in [1.807, 2.05) is 11.7 Å². The largest absolute Gasteiger partial charge is 0.394 e. The molecule has 1 aromatic rings. The lowest BCUT2D eigenvalue weighted by molar-refractivity contribution is 0.739. The van der Waals surface area contributed by atoms with Crippen molar-refractivity contribution in [2.45, 2.75) is 31.4 Å². The Hall–Kier alpha value is -0.840. The third-order valence-electron chi connectivity index (χ3n) is 3.02. The Bertz CT molecular complexity index is 355. The summed E-state index contributed by atoms with van der Waals surface area (Å²) in [6, 6.07) is 0. The van der Waals surface area contributed by atoms with Crippen LogP contribution in [0.2, 0.25) is 0 Å². The van der Waals surface area contributed by atoms with Crippen LogP contribution in [0.1, 0.15) is 25.5 Å². The lowest BCUT2D eigenvalue weighted by Gasteiger charge is -2.11. The number of nitrogen functional groups attached to an aromatic ring is 1. The predicted molar refractivity (Wildman–Crippen MR) is 71.0 cm³/mol. The molecule has 5 heteroatoms. The topological polar surface area (TPSA) is 55.9 Å². The molecule has 3 N–H and O–H groups in total. The monoisotopic (exact) mass is 240 g/mol. The highest BCUT2D eigenvalue weighted by molar-refractivity contribution is 8.00. The zero-order valence-electron chi connectivity index (χ0n) is 9.99. The van der Waals surface area contributed by atoms with Gasteiger partial charge in [-0.15, -0.1) is 0 Å². The molecule has 1 aliphatic rings. The SMILES string of the molecule is CCc1nn(C)c(NCC2CCCS2)c1N. The van der Waals surface area contributed by atoms with Crippen molar-refractivity contribution in [2.75, 3.05) is 23.3 Å². The van der Waals surface area contributed by atoms with E-state index in [1.165, 1.54) is 18.6 Å². The highest BCUT2D eigenvalue weighted by Crippen LogP contribution is 2.28. The van der Waals surface area contributed by atoms with E-state index < -0.39 is 0 Å². The second-order valence-corrected chi connectivity index (χ2v) is 5.61. The van der Waals surface area contributed by atoms with Crippen molar-refractivity contribution in [3.05, 3.63) is 5.69 Å². The molecular weight excluding hydrogens is 220 g/mol. The van der Waals surface area contributed by atoms with E-state index in [2.05, 4.69) is 29.1 Å². The van der Waals surface area contributed by atoms with Crippen LogP contribution in [0.3, 0.4) is 0 Å². The minimum atomic E-state index is 0.736. The number of nitrogens with one attached hydrogen (secondary N) is 1. The van der Waals surface area contributed by atoms with E-state index in [9.17, 15) is 0 Å². The van der Waals surface area contributed by atoms with Crippen LogP contribution in [0.15, 0.2) is 0 Å². The molecule has 4 nitrogen and oxygen atoms in total. The third kappa shape index (κ3) is 2.29. The number of hydrogen-bond donors (Lipinski definition) is 2. The molecule has 0 aliphatic carbocycles. The van der Waals surface area contributed by atoms with Gasteiger partial charge in [0.15, 0.2) is 0 Å². The quantitative estimate of drug-likeness (QED) is 0.843. The van der Waals surface area contributed by atoms with Crippen LogP contribution >= 0.6 is 11.8 Å². The summed E-state index contributed by atoms with van der Waals surface area (Å²) in [5.74, 6) is 2.28. The number of rotatable bonds is 4. The number of anilines is 2. The summed E-state index contributed by atoms with van der Waals surface area (Å²) in [4.78, 5) is 0. The summed E-state index contributed by atoms with van der Waals surface area (Å²) < 4.78 is 1.85. The van der Waals surface area contributed by atoms with Gasteiger partial charge in [-0.2, -0.15) is 16.9 Å². The average molecular weight is 240 g/mol. The van der Waals surface area contributed by atoms with Gasteiger partial charge in [-0.3, -0.25) is 4.68 Å². The first kappa shape index (κ1) is 11.6. The highest BCUT2D eigenvalue weighted by atomic mass is 32.2. The van der Waals surface area contributed by atoms with Crippen molar-refractivity contribution in [2.24, 2.45) is 7.05 Å². The van der Waals surface area contributed by atoms with Crippen molar-refractivity contribution < 1.29 is 0 Å². The van der Waals surface area contributed by atoms with Crippen LogP contribution in [0.4, 0.5) is 11.5 Å². The zero-order valence-corrected chi connectivity index (χ0v) is 10.8. The first-order chi connectivity index (χ1) is 7.72. The van der Waals surface area contributed by atoms with Crippen LogP contribution < -0.4 is 11.1 Å². The van der Waals surface area contributed by atoms with Crippen molar-refractivity contribution >= 4 is 23.3 Å². The number of aromatic nitrogens is 2. The molecule has 0 saturated carbocycles. The van der Waals surface area contributed by atoms with Gasteiger partial charge in [0.1, 0.15) is 5.82 Å². The van der Waals surface area contributed by atoms with Gasteiger partial charge in [-0.25, -0.2) is 0 Å². The second-order valence-electron chi connectivity index (χ2n) is 4.20. The van der Waals surface area contributed by atoms with Crippen LogP contribution in [-0.4, -0.2) is 27.3 Å². The normalized spacial score (nSPS) is 20.2. The van der Waals surface area contributed by atoms with Gasteiger partial charge in [0.2, 0.25) is 0 Å². The maximum atomic E-state index is 6.05. The van der Waals surface area contributed by atoms with Crippen molar-refractivity contribution in [1.82, 2.24) is 9.78 Å². The van der Waals surface area contributed by atoms with Crippen LogP contribution in [0.5, 0.6) is 0 Å². The highest BCUT2D eigenvalue weighted by Gasteiger charge is 2.17. The lowest BCUT2D eigenvalue weighted by Crippen LogP contribution is -2.16. The Morgan fingerprint density at radius 3 is 3.00 bits per heavy atom. The second kappa shape index (κ2) is 4.99. The van der Waals surface area contributed by atoms with Gasteiger partial charge in [-0.05, 0) is 25.0 Å². The molecule has 2 rings (SSSR count). The van der Waals surface area contributed by atoms with Crippen LogP contribution in [0, 0.1) is 0 Å². The van der Waals surface area contributed by atoms with Gasteiger partial charge < -0.3 is 11.1 Å². The van der Waals surface area contributed by atoms with E-state index in [1.54, 1.807) is 0 Å². The molecule has 1 unspecified atom stereocenters. The Labute approximate surface area is 101 Å². The van der Waals surface area contributed by atoms with E-state index in [0.717, 1.165) is 35.4 Å². The molecule has 0 aromatic carbocycles. The van der Waals surface area contributed by atoms with Gasteiger partial charge in [0.05, 0.1) is 11.4 Å². The third-order valence-corrected chi connectivity index (χ3v) is 4.41. The van der Waals surface area contributed by atoms with E-state index in [0.29, 0.717) is 0 Å². The van der Waals surface area contributed by atoms with E-state index >= 15 is 0 Å². The number of aryl methyl sites for hydroxylation is 2. The summed E-state index contributed by atoms with van der Waals surface area (Å²) in [5.41, 5.74) is 7.85. The number of thioether (sulfide) groups is 1. The van der Waals surface area contributed by atoms with E-state index in [4.69, 9.17) is 5.73 Å². The molecule has 0 bridgehead atoms. The van der Waals surface area contributed by atoms with E-state index in [-0.39, 0.29) is 0 Å². The predicted octanol–water partition coefficient (Wildman–Crippen LogP) is 1.87. The van der Waals surface area contributed by atoms with Crippen LogP contribution in [0.25, 0.3) is 0 Å². The van der Waals surface area contributed by atoms with Crippen molar-refractivity contribution in [3.63, 3.8) is 0 Å². The summed E-state index contributed by atoms with van der Waals surface area (Å²) >= 11 is 2.05. The lowest BCUT2D eigenvalue weighted by atomic mass is 10.2. The fourth-order valence-corrected chi connectivity index (χ4v) is 3.28. The molecule has 0 spiro atoms. The molecular formula is C11H20N4S. The summed E-state index contributed by atoms with van der Waals surface area (Å²) in [7, 11) is 1.94. The molecule has 1 fully saturated rings. The Balaban J connectivity index is 2.00. The maximum absolute atomic E-state index is 6.05. The Kier molecular flexibility index (Phi) is 3.63. The van der Waals surface area contributed by atoms with Crippen molar-refractivity contribution in [1.29, 1.82) is 0 Å². The molecule has 0 amide bonds. The fourth-order valence-electron chi connectivity index (χ4n) is 2.08. The molecule has 16 heavy (non-hydrogen) atoms. The molecule has 1 atom stereocenters. The summed E-state index contributed by atoms with van der Waals surface area (Å²) in [6.07, 6.45) is 3.55. The molecule has 2 heterocycles. The van der Waals surface area contributed by atoms with Gasteiger partial charge >= 0.3 is 0 Å². The molecule has 1 saturated heterocycles. The maximum Gasteiger partial charge on any atom is 0.147 e. The van der Waals surface area contributed by atoms with Crippen LogP contribution in [-0.2, 0) is 13.5 Å². The molecule has 1 aliphatic heterocycles. The minimum Gasteiger partial charge on any atom is -0.394 e. The zero-order chi connectivity index (χ0) is 11.5. The molecule has 1 aromatic heterocycles. The smallest absolute Gasteiger partial charge is 0.147 e. The summed E-state index contributed by atoms with van der Waals surface area (Å²) in [6.45, 7) is 3.08. The fraction of sp³-hybridized carbons (Fsp3) is 0.727. The minimum absolute atomic E-state index is 0.736. The first-order valence-corrected chi connectivity index (χ1v) is 6.94. The number of nitrogens with two attached hydrogens (primary N) is 1. The Morgan fingerprint density at radius 1 is 1.62 bits per heavy atom. The number of nitrogens with zero attached hydrogens (tertiary/aromatic N) is 2. The molecule has 0 radical (unpaired) electrons.